The summed E-state index contributed by atoms with van der Waals surface area (Å²) < 4.78 is 8.48. The minimum absolute atomic E-state index is 0.208. The van der Waals surface area contributed by atoms with E-state index in [-0.39, 0.29) is 5.56 Å². The molecule has 3 aromatic heterocycles. The van der Waals surface area contributed by atoms with E-state index in [1.54, 1.807) is 18.7 Å². The lowest BCUT2D eigenvalue weighted by Gasteiger charge is -2.07. The molecule has 5 nitrogen and oxygen atoms in total. The van der Waals surface area contributed by atoms with Crippen molar-refractivity contribution in [3.63, 3.8) is 0 Å². The van der Waals surface area contributed by atoms with Gasteiger partial charge in [-0.2, -0.15) is 4.98 Å². The zero-order valence-corrected chi connectivity index (χ0v) is 18.5. The topological polar surface area (TPSA) is 57.0 Å². The molecule has 0 amide bonds. The molecule has 0 bridgehead atoms. The van der Waals surface area contributed by atoms with Gasteiger partial charge in [-0.1, -0.05) is 29.8 Å². The van der Waals surface area contributed by atoms with Gasteiger partial charge in [0.15, 0.2) is 0 Å². The van der Waals surface area contributed by atoms with Gasteiger partial charge in [0.25, 0.3) is 5.56 Å². The fourth-order valence-electron chi connectivity index (χ4n) is 3.41. The lowest BCUT2D eigenvalue weighted by atomic mass is 10.2. The Labute approximate surface area is 193 Å². The molecule has 2 aromatic carbocycles. The molecule has 0 aliphatic heterocycles. The first-order valence-corrected chi connectivity index (χ1v) is 11.2. The summed E-state index contributed by atoms with van der Waals surface area (Å²) in [5.41, 5.74) is 3.79. The third kappa shape index (κ3) is 4.42. The molecule has 7 heteroatoms. The predicted octanol–water partition coefficient (Wildman–Crippen LogP) is 5.80. The lowest BCUT2D eigenvalue weighted by Crippen LogP contribution is -2.11. The standard InChI is InChI=1S/C25H18ClN3O2S/c26-20-7-3-17(4-8-20)14-29-16-28-25(30)24-22(29)12-23(32-24)19-5-9-21(10-6-19)31-15-18-2-1-11-27-13-18/h1-13,16H,14-15H2. The molecule has 0 saturated heterocycles. The van der Waals surface area contributed by atoms with Gasteiger partial charge in [0.2, 0.25) is 0 Å². The van der Waals surface area contributed by atoms with Crippen LogP contribution in [0, 0.1) is 0 Å². The third-order valence-electron chi connectivity index (χ3n) is 5.06. The van der Waals surface area contributed by atoms with Gasteiger partial charge in [-0.15, -0.1) is 11.3 Å². The monoisotopic (exact) mass is 459 g/mol. The number of thiophene rings is 1. The second kappa shape index (κ2) is 8.94. The van der Waals surface area contributed by atoms with Gasteiger partial charge in [0.05, 0.1) is 11.8 Å². The van der Waals surface area contributed by atoms with Crippen LogP contribution in [0.3, 0.4) is 0 Å². The zero-order chi connectivity index (χ0) is 21.9. The van der Waals surface area contributed by atoms with E-state index in [1.165, 1.54) is 11.3 Å². The number of pyridine rings is 1. The van der Waals surface area contributed by atoms with Crippen LogP contribution in [0.1, 0.15) is 11.1 Å². The molecule has 0 aliphatic carbocycles. The summed E-state index contributed by atoms with van der Waals surface area (Å²) in [5.74, 6) is 0.780. The summed E-state index contributed by atoms with van der Waals surface area (Å²) in [6, 6.07) is 21.5. The summed E-state index contributed by atoms with van der Waals surface area (Å²) in [5, 5.41) is 0.697. The lowest BCUT2D eigenvalue weighted by molar-refractivity contribution is 0.306. The maximum absolute atomic E-state index is 12.4. The third-order valence-corrected chi connectivity index (χ3v) is 6.48. The fourth-order valence-corrected chi connectivity index (χ4v) is 4.60. The van der Waals surface area contributed by atoms with Crippen molar-refractivity contribution in [2.75, 3.05) is 0 Å². The maximum atomic E-state index is 12.4. The van der Waals surface area contributed by atoms with Crippen molar-refractivity contribution in [3.8, 4) is 16.2 Å². The highest BCUT2D eigenvalue weighted by Crippen LogP contribution is 2.33. The van der Waals surface area contributed by atoms with Crippen molar-refractivity contribution in [2.24, 2.45) is 0 Å². The zero-order valence-electron chi connectivity index (χ0n) is 16.9. The van der Waals surface area contributed by atoms with Gasteiger partial charge in [0, 0.05) is 34.4 Å². The van der Waals surface area contributed by atoms with E-state index in [0.29, 0.717) is 22.9 Å². The van der Waals surface area contributed by atoms with Gasteiger partial charge in [0.1, 0.15) is 17.1 Å². The first-order chi connectivity index (χ1) is 15.7. The first-order valence-electron chi connectivity index (χ1n) is 10.0. The largest absolute Gasteiger partial charge is 0.489 e. The summed E-state index contributed by atoms with van der Waals surface area (Å²) in [6.45, 7) is 1.07. The molecule has 32 heavy (non-hydrogen) atoms. The Morgan fingerprint density at radius 1 is 1.00 bits per heavy atom. The molecule has 0 aliphatic rings. The van der Waals surface area contributed by atoms with Gasteiger partial charge in [-0.05, 0) is 59.7 Å². The number of aromatic nitrogens is 3. The normalized spacial score (nSPS) is 11.0. The quantitative estimate of drug-likeness (QED) is 0.322. The maximum Gasteiger partial charge on any atom is 0.290 e. The molecule has 0 atom stereocenters. The second-order valence-corrected chi connectivity index (χ2v) is 8.79. The van der Waals surface area contributed by atoms with Gasteiger partial charge in [-0.25, -0.2) is 0 Å². The van der Waals surface area contributed by atoms with Crippen LogP contribution >= 0.6 is 22.9 Å². The number of benzene rings is 2. The Hall–Kier alpha value is -3.48. The Kier molecular flexibility index (Phi) is 5.71. The van der Waals surface area contributed by atoms with E-state index in [2.05, 4.69) is 9.97 Å². The number of halogens is 1. The Balaban J connectivity index is 1.40. The second-order valence-electron chi connectivity index (χ2n) is 7.30. The highest BCUT2D eigenvalue weighted by Gasteiger charge is 2.12. The molecule has 5 aromatic rings. The van der Waals surface area contributed by atoms with E-state index in [1.807, 2.05) is 71.3 Å². The van der Waals surface area contributed by atoms with Crippen molar-refractivity contribution in [1.29, 1.82) is 0 Å². The Bertz CT molecular complexity index is 1410. The predicted molar refractivity (Wildman–Crippen MR) is 128 cm³/mol. The number of ether oxygens (including phenoxy) is 1. The van der Waals surface area contributed by atoms with E-state index in [9.17, 15) is 4.79 Å². The Morgan fingerprint density at radius 2 is 1.81 bits per heavy atom. The molecule has 3 heterocycles. The molecular formula is C25H18ClN3O2S. The van der Waals surface area contributed by atoms with Crippen molar-refractivity contribution in [2.45, 2.75) is 13.2 Å². The summed E-state index contributed by atoms with van der Waals surface area (Å²) in [7, 11) is 0. The average molecular weight is 460 g/mol. The average Bonchev–Trinajstić information content (AvgIpc) is 3.29. The van der Waals surface area contributed by atoms with Crippen LogP contribution in [-0.4, -0.2) is 14.5 Å². The van der Waals surface area contributed by atoms with E-state index >= 15 is 0 Å². The fraction of sp³-hybridized carbons (Fsp3) is 0.0800. The van der Waals surface area contributed by atoms with Crippen LogP contribution in [0.4, 0.5) is 0 Å². The van der Waals surface area contributed by atoms with Crippen molar-refractivity contribution in [1.82, 2.24) is 14.5 Å². The van der Waals surface area contributed by atoms with Gasteiger partial charge < -0.3 is 9.30 Å². The SMILES string of the molecule is O=c1ncn(Cc2ccc(Cl)cc2)c2cc(-c3ccc(OCc4cccnc4)cc3)sc12. The smallest absolute Gasteiger partial charge is 0.290 e. The van der Waals surface area contributed by atoms with Gasteiger partial charge >= 0.3 is 0 Å². The minimum atomic E-state index is -0.208. The first kappa shape index (κ1) is 20.4. The molecule has 0 fully saturated rings. The number of hydrogen-bond acceptors (Lipinski definition) is 5. The molecule has 158 valence electrons. The number of nitrogens with zero attached hydrogens (tertiary/aromatic N) is 3. The highest BCUT2D eigenvalue weighted by atomic mass is 35.5. The minimum Gasteiger partial charge on any atom is -0.489 e. The van der Waals surface area contributed by atoms with E-state index in [0.717, 1.165) is 32.8 Å². The Morgan fingerprint density at radius 3 is 2.56 bits per heavy atom. The molecule has 0 spiro atoms. The molecule has 5 rings (SSSR count). The molecule has 0 N–H and O–H groups in total. The summed E-state index contributed by atoms with van der Waals surface area (Å²) >= 11 is 7.45. The van der Waals surface area contributed by atoms with Crippen molar-refractivity contribution < 1.29 is 4.74 Å². The summed E-state index contributed by atoms with van der Waals surface area (Å²) in [4.78, 5) is 21.6. The highest BCUT2D eigenvalue weighted by molar-refractivity contribution is 7.22. The van der Waals surface area contributed by atoms with Crippen LogP contribution in [0.2, 0.25) is 5.02 Å². The van der Waals surface area contributed by atoms with Crippen LogP contribution < -0.4 is 10.3 Å². The van der Waals surface area contributed by atoms with Crippen LogP contribution in [0.25, 0.3) is 20.7 Å². The van der Waals surface area contributed by atoms with Crippen LogP contribution in [0.5, 0.6) is 5.75 Å². The molecule has 0 unspecified atom stereocenters. The molecule has 0 radical (unpaired) electrons. The van der Waals surface area contributed by atoms with E-state index < -0.39 is 0 Å². The van der Waals surface area contributed by atoms with Crippen molar-refractivity contribution >= 4 is 33.2 Å². The molecular weight excluding hydrogens is 442 g/mol. The van der Waals surface area contributed by atoms with E-state index in [4.69, 9.17) is 16.3 Å². The summed E-state index contributed by atoms with van der Waals surface area (Å²) in [6.07, 6.45) is 5.13. The van der Waals surface area contributed by atoms with Crippen LogP contribution in [0.15, 0.2) is 90.2 Å². The number of fused-ring (bicyclic) bond motifs is 1. The number of rotatable bonds is 6. The van der Waals surface area contributed by atoms with Crippen molar-refractivity contribution in [3.05, 3.63) is 112 Å². The number of hydrogen-bond donors (Lipinski definition) is 0. The molecule has 0 saturated carbocycles. The van der Waals surface area contributed by atoms with Crippen LogP contribution in [-0.2, 0) is 13.2 Å². The van der Waals surface area contributed by atoms with Gasteiger partial charge in [-0.3, -0.25) is 9.78 Å².